The normalized spacial score (nSPS) is 26.6. The Bertz CT molecular complexity index is 706. The highest BCUT2D eigenvalue weighted by atomic mass is 16.2. The number of hydrogen-bond acceptors (Lipinski definition) is 4. The zero-order valence-corrected chi connectivity index (χ0v) is 14.3. The van der Waals surface area contributed by atoms with E-state index in [9.17, 15) is 4.79 Å². The number of nitrogens with one attached hydrogen (secondary N) is 2. The van der Waals surface area contributed by atoms with E-state index in [4.69, 9.17) is 0 Å². The number of benzene rings is 1. The van der Waals surface area contributed by atoms with Crippen molar-refractivity contribution in [1.82, 2.24) is 20.7 Å². The molecule has 3 heterocycles. The maximum atomic E-state index is 12.7. The lowest BCUT2D eigenvalue weighted by Crippen LogP contribution is -2.47. The molecule has 2 fully saturated rings. The summed E-state index contributed by atoms with van der Waals surface area (Å²) in [6.07, 6.45) is 6.65. The summed E-state index contributed by atoms with van der Waals surface area (Å²) in [7, 11) is 0. The molecule has 2 N–H and O–H groups in total. The number of likely N-dealkylation sites (tertiary alicyclic amines) is 1. The summed E-state index contributed by atoms with van der Waals surface area (Å²) < 4.78 is 0. The number of hydrazine groups is 1. The number of carbonyl (C=O) groups is 1. The molecule has 130 valence electrons. The first-order chi connectivity index (χ1) is 12.3. The molecule has 3 atom stereocenters. The van der Waals surface area contributed by atoms with Crippen molar-refractivity contribution in [3.8, 4) is 0 Å². The molecule has 3 unspecified atom stereocenters. The predicted molar refractivity (Wildman–Crippen MR) is 96.7 cm³/mol. The SMILES string of the molecule is O=C(c1cccnc1)N1CCCC(C2CC(c3ccccc3)NN2)C1. The molecule has 2 aliphatic heterocycles. The Morgan fingerprint density at radius 3 is 2.80 bits per heavy atom. The Balaban J connectivity index is 1.39. The number of carbonyl (C=O) groups excluding carboxylic acids is 1. The van der Waals surface area contributed by atoms with Crippen LogP contribution in [0.25, 0.3) is 0 Å². The standard InChI is InChI=1S/C20H24N4O/c25-20(16-8-4-10-21-13-16)24-11-5-9-17(14-24)19-12-18(22-23-19)15-6-2-1-3-7-15/h1-4,6-8,10,13,17-19,22-23H,5,9,11-12,14H2. The second kappa shape index (κ2) is 7.33. The van der Waals surface area contributed by atoms with Gasteiger partial charge in [-0.3, -0.25) is 20.6 Å². The van der Waals surface area contributed by atoms with Crippen LogP contribution in [0.1, 0.15) is 41.2 Å². The van der Waals surface area contributed by atoms with Crippen molar-refractivity contribution in [2.75, 3.05) is 13.1 Å². The molecule has 1 aromatic heterocycles. The van der Waals surface area contributed by atoms with Gasteiger partial charge in [0.15, 0.2) is 0 Å². The minimum absolute atomic E-state index is 0.100. The first-order valence-corrected chi connectivity index (χ1v) is 9.06. The third-order valence-corrected chi connectivity index (χ3v) is 5.36. The van der Waals surface area contributed by atoms with Crippen LogP contribution in [0.5, 0.6) is 0 Å². The number of hydrogen-bond donors (Lipinski definition) is 2. The maximum absolute atomic E-state index is 12.7. The van der Waals surface area contributed by atoms with Crippen molar-refractivity contribution >= 4 is 5.91 Å². The van der Waals surface area contributed by atoms with Crippen molar-refractivity contribution in [2.45, 2.75) is 31.3 Å². The lowest BCUT2D eigenvalue weighted by molar-refractivity contribution is 0.0648. The summed E-state index contributed by atoms with van der Waals surface area (Å²) in [4.78, 5) is 18.8. The minimum Gasteiger partial charge on any atom is -0.338 e. The second-order valence-electron chi connectivity index (χ2n) is 6.99. The van der Waals surface area contributed by atoms with Crippen LogP contribution in [0.15, 0.2) is 54.9 Å². The fourth-order valence-electron chi connectivity index (χ4n) is 3.99. The third kappa shape index (κ3) is 3.57. The quantitative estimate of drug-likeness (QED) is 0.904. The Morgan fingerprint density at radius 1 is 1.12 bits per heavy atom. The number of aromatic nitrogens is 1. The van der Waals surface area contributed by atoms with Crippen LogP contribution in [-0.4, -0.2) is 34.9 Å². The third-order valence-electron chi connectivity index (χ3n) is 5.36. The Morgan fingerprint density at radius 2 is 2.00 bits per heavy atom. The van der Waals surface area contributed by atoms with E-state index >= 15 is 0 Å². The monoisotopic (exact) mass is 336 g/mol. The van der Waals surface area contributed by atoms with Gasteiger partial charge in [-0.15, -0.1) is 0 Å². The molecule has 1 aromatic carbocycles. The van der Waals surface area contributed by atoms with Crippen LogP contribution in [0, 0.1) is 5.92 Å². The topological polar surface area (TPSA) is 57.3 Å². The molecule has 5 nitrogen and oxygen atoms in total. The smallest absolute Gasteiger partial charge is 0.255 e. The molecule has 0 bridgehead atoms. The van der Waals surface area contributed by atoms with Gasteiger partial charge < -0.3 is 4.90 Å². The van der Waals surface area contributed by atoms with Gasteiger partial charge in [-0.2, -0.15) is 0 Å². The summed E-state index contributed by atoms with van der Waals surface area (Å²) in [5, 5.41) is 0. The fourth-order valence-corrected chi connectivity index (χ4v) is 3.99. The van der Waals surface area contributed by atoms with Gasteiger partial charge in [0, 0.05) is 37.6 Å². The van der Waals surface area contributed by atoms with Gasteiger partial charge in [0.1, 0.15) is 0 Å². The predicted octanol–water partition coefficient (Wildman–Crippen LogP) is 2.54. The fraction of sp³-hybridized carbons (Fsp3) is 0.400. The van der Waals surface area contributed by atoms with Gasteiger partial charge >= 0.3 is 0 Å². The minimum atomic E-state index is 0.100. The van der Waals surface area contributed by atoms with E-state index in [1.165, 1.54) is 5.56 Å². The van der Waals surface area contributed by atoms with Crippen molar-refractivity contribution in [1.29, 1.82) is 0 Å². The van der Waals surface area contributed by atoms with Gasteiger partial charge in [0.25, 0.3) is 5.91 Å². The number of pyridine rings is 1. The van der Waals surface area contributed by atoms with E-state index in [1.54, 1.807) is 12.4 Å². The highest BCUT2D eigenvalue weighted by Gasteiger charge is 2.34. The number of rotatable bonds is 3. The van der Waals surface area contributed by atoms with Gasteiger partial charge in [0.05, 0.1) is 5.56 Å². The Kier molecular flexibility index (Phi) is 4.76. The highest BCUT2D eigenvalue weighted by Crippen LogP contribution is 2.30. The average Bonchev–Trinajstić information content (AvgIpc) is 3.19. The summed E-state index contributed by atoms with van der Waals surface area (Å²) in [6.45, 7) is 1.65. The van der Waals surface area contributed by atoms with Gasteiger partial charge in [-0.1, -0.05) is 30.3 Å². The Labute approximate surface area is 148 Å². The maximum Gasteiger partial charge on any atom is 0.255 e. The van der Waals surface area contributed by atoms with Gasteiger partial charge in [0.2, 0.25) is 0 Å². The van der Waals surface area contributed by atoms with Crippen LogP contribution < -0.4 is 10.9 Å². The number of piperidine rings is 1. The van der Waals surface area contributed by atoms with Crippen molar-refractivity contribution < 1.29 is 4.79 Å². The zero-order valence-electron chi connectivity index (χ0n) is 14.3. The van der Waals surface area contributed by atoms with E-state index in [2.05, 4.69) is 40.1 Å². The molecule has 25 heavy (non-hydrogen) atoms. The summed E-state index contributed by atoms with van der Waals surface area (Å²) in [5.74, 6) is 0.582. The molecule has 0 aliphatic carbocycles. The molecule has 2 aliphatic rings. The van der Waals surface area contributed by atoms with Crippen molar-refractivity contribution in [3.63, 3.8) is 0 Å². The second-order valence-corrected chi connectivity index (χ2v) is 6.99. The lowest BCUT2D eigenvalue weighted by Gasteiger charge is -2.35. The van der Waals surface area contributed by atoms with E-state index in [0.29, 0.717) is 23.6 Å². The summed E-state index contributed by atoms with van der Waals surface area (Å²) in [5.41, 5.74) is 8.91. The van der Waals surface area contributed by atoms with Gasteiger partial charge in [-0.05, 0) is 42.9 Å². The molecule has 0 spiro atoms. The van der Waals surface area contributed by atoms with Crippen LogP contribution in [-0.2, 0) is 0 Å². The highest BCUT2D eigenvalue weighted by molar-refractivity contribution is 5.93. The zero-order chi connectivity index (χ0) is 17.1. The van der Waals surface area contributed by atoms with E-state index in [-0.39, 0.29) is 5.91 Å². The average molecular weight is 336 g/mol. The first kappa shape index (κ1) is 16.2. The molecule has 5 heteroatoms. The molecule has 4 rings (SSSR count). The van der Waals surface area contributed by atoms with Crippen LogP contribution >= 0.6 is 0 Å². The van der Waals surface area contributed by atoms with Crippen LogP contribution in [0.3, 0.4) is 0 Å². The molecule has 2 saturated heterocycles. The molecular weight excluding hydrogens is 312 g/mol. The molecule has 2 aromatic rings. The molecule has 1 amide bonds. The van der Waals surface area contributed by atoms with Crippen LogP contribution in [0.2, 0.25) is 0 Å². The molecule has 0 radical (unpaired) electrons. The lowest BCUT2D eigenvalue weighted by atomic mass is 9.87. The van der Waals surface area contributed by atoms with E-state index in [0.717, 1.165) is 32.4 Å². The Hall–Kier alpha value is -2.24. The molecule has 0 saturated carbocycles. The van der Waals surface area contributed by atoms with E-state index < -0.39 is 0 Å². The van der Waals surface area contributed by atoms with Crippen molar-refractivity contribution in [3.05, 3.63) is 66.0 Å². The largest absolute Gasteiger partial charge is 0.338 e. The van der Waals surface area contributed by atoms with Crippen LogP contribution in [0.4, 0.5) is 0 Å². The van der Waals surface area contributed by atoms with Gasteiger partial charge in [-0.25, -0.2) is 0 Å². The first-order valence-electron chi connectivity index (χ1n) is 9.06. The number of amides is 1. The molecular formula is C20H24N4O. The van der Waals surface area contributed by atoms with Crippen molar-refractivity contribution in [2.24, 2.45) is 5.92 Å². The number of nitrogens with zero attached hydrogens (tertiary/aromatic N) is 2. The summed E-state index contributed by atoms with van der Waals surface area (Å²) >= 11 is 0. The van der Waals surface area contributed by atoms with E-state index in [1.807, 2.05) is 23.1 Å². The summed E-state index contributed by atoms with van der Waals surface area (Å²) in [6, 6.07) is 15.0.